The third-order valence-electron chi connectivity index (χ3n) is 7.26. The molecule has 9 heteroatoms. The van der Waals surface area contributed by atoms with Crippen molar-refractivity contribution in [3.8, 4) is 0 Å². The lowest BCUT2D eigenvalue weighted by Crippen LogP contribution is -2.57. The number of likely N-dealkylation sites (tertiary alicyclic amines) is 1. The largest absolute Gasteiger partial charge is 0.394 e. The van der Waals surface area contributed by atoms with Crippen LogP contribution in [-0.4, -0.2) is 64.7 Å². The molecule has 2 unspecified atom stereocenters. The third kappa shape index (κ3) is 3.92. The summed E-state index contributed by atoms with van der Waals surface area (Å²) in [6.07, 6.45) is 1.51. The maximum Gasteiger partial charge on any atom is 0.250 e. The van der Waals surface area contributed by atoms with Crippen LogP contribution in [0, 0.1) is 17.8 Å². The number of carbonyl (C=O) groups excluding carboxylic acids is 3. The van der Waals surface area contributed by atoms with Crippen molar-refractivity contribution in [2.75, 3.05) is 18.5 Å². The van der Waals surface area contributed by atoms with Gasteiger partial charge in [-0.25, -0.2) is 0 Å². The molecule has 3 saturated heterocycles. The highest BCUT2D eigenvalue weighted by Crippen LogP contribution is 2.59. The molecule has 3 fully saturated rings. The van der Waals surface area contributed by atoms with Crippen LogP contribution < -0.4 is 10.6 Å². The number of benzene rings is 1. The molecule has 8 nitrogen and oxygen atoms in total. The van der Waals surface area contributed by atoms with Crippen LogP contribution in [0.5, 0.6) is 0 Å². The fourth-order valence-corrected chi connectivity index (χ4v) is 5.90. The summed E-state index contributed by atoms with van der Waals surface area (Å²) < 4.78 is 6.38. The SMILES string of the molecule is CCCNC(=O)[C@@H]1[C@@H]2CCC3(O2)C(C(=O)Nc2ccc(Cl)cc2)N([C@@H](CO)C(C)C)C(=O)[C@H]13. The molecule has 3 heterocycles. The summed E-state index contributed by atoms with van der Waals surface area (Å²) in [4.78, 5) is 42.0. The maximum absolute atomic E-state index is 13.8. The van der Waals surface area contributed by atoms with E-state index in [1.165, 1.54) is 4.90 Å². The standard InChI is InChI=1S/C24H32ClN3O5/c1-4-11-26-21(30)18-17-9-10-24(33-17)19(18)23(32)28(16(12-29)13(2)3)20(24)22(31)27-15-7-5-14(25)6-8-15/h5-8,13,16-20,29H,4,9-12H2,1-3H3,(H,26,30)(H,27,31)/t16-,17-,18+,19-,20?,24?/m0/s1. The normalized spacial score (nSPS) is 31.1. The summed E-state index contributed by atoms with van der Waals surface area (Å²) in [7, 11) is 0. The van der Waals surface area contributed by atoms with E-state index in [4.69, 9.17) is 16.3 Å². The molecule has 1 aromatic carbocycles. The van der Waals surface area contributed by atoms with Crippen molar-refractivity contribution in [3.05, 3.63) is 29.3 Å². The van der Waals surface area contributed by atoms with Crippen LogP contribution >= 0.6 is 11.6 Å². The molecule has 1 aromatic rings. The van der Waals surface area contributed by atoms with E-state index in [1.807, 2.05) is 20.8 Å². The molecule has 4 rings (SSSR count). The van der Waals surface area contributed by atoms with Gasteiger partial charge in [-0.15, -0.1) is 0 Å². The van der Waals surface area contributed by atoms with Gasteiger partial charge in [-0.05, 0) is 49.4 Å². The minimum atomic E-state index is -1.09. The highest BCUT2D eigenvalue weighted by atomic mass is 35.5. The number of aliphatic hydroxyl groups excluding tert-OH is 1. The predicted octanol–water partition coefficient (Wildman–Crippen LogP) is 2.20. The second-order valence-corrected chi connectivity index (χ2v) is 10.0. The Morgan fingerprint density at radius 1 is 1.27 bits per heavy atom. The minimum Gasteiger partial charge on any atom is -0.394 e. The van der Waals surface area contributed by atoms with E-state index in [0.717, 1.165) is 6.42 Å². The van der Waals surface area contributed by atoms with Crippen LogP contribution in [-0.2, 0) is 19.1 Å². The molecule has 0 aromatic heterocycles. The van der Waals surface area contributed by atoms with Gasteiger partial charge in [-0.1, -0.05) is 32.4 Å². The fraction of sp³-hybridized carbons (Fsp3) is 0.625. The molecule has 0 radical (unpaired) electrons. The topological polar surface area (TPSA) is 108 Å². The van der Waals surface area contributed by atoms with Gasteiger partial charge < -0.3 is 25.4 Å². The molecular weight excluding hydrogens is 446 g/mol. The molecule has 6 atom stereocenters. The van der Waals surface area contributed by atoms with Crippen LogP contribution in [0.25, 0.3) is 0 Å². The summed E-state index contributed by atoms with van der Waals surface area (Å²) in [6.45, 7) is 6.00. The smallest absolute Gasteiger partial charge is 0.250 e. The first-order chi connectivity index (χ1) is 15.7. The van der Waals surface area contributed by atoms with Gasteiger partial charge in [0.25, 0.3) is 0 Å². The lowest BCUT2D eigenvalue weighted by molar-refractivity contribution is -0.145. The molecule has 1 spiro atoms. The Balaban J connectivity index is 1.72. The Morgan fingerprint density at radius 3 is 2.58 bits per heavy atom. The molecule has 3 N–H and O–H groups in total. The minimum absolute atomic E-state index is 0.0930. The van der Waals surface area contributed by atoms with Crippen molar-refractivity contribution >= 4 is 35.0 Å². The Labute approximate surface area is 199 Å². The van der Waals surface area contributed by atoms with E-state index in [1.54, 1.807) is 24.3 Å². The van der Waals surface area contributed by atoms with Gasteiger partial charge in [-0.3, -0.25) is 14.4 Å². The number of carbonyl (C=O) groups is 3. The number of nitrogens with one attached hydrogen (secondary N) is 2. The van der Waals surface area contributed by atoms with Gasteiger partial charge in [0, 0.05) is 17.3 Å². The van der Waals surface area contributed by atoms with Crippen LogP contribution in [0.4, 0.5) is 5.69 Å². The summed E-state index contributed by atoms with van der Waals surface area (Å²) in [5, 5.41) is 16.5. The zero-order chi connectivity index (χ0) is 23.9. The van der Waals surface area contributed by atoms with E-state index in [-0.39, 0.29) is 30.2 Å². The summed E-state index contributed by atoms with van der Waals surface area (Å²) >= 11 is 5.97. The van der Waals surface area contributed by atoms with Crippen molar-refractivity contribution in [2.45, 2.75) is 63.8 Å². The number of hydrogen-bond acceptors (Lipinski definition) is 5. The summed E-state index contributed by atoms with van der Waals surface area (Å²) in [5.41, 5.74) is -0.541. The van der Waals surface area contributed by atoms with Gasteiger partial charge >= 0.3 is 0 Å². The predicted molar refractivity (Wildman–Crippen MR) is 124 cm³/mol. The number of anilines is 1. The Morgan fingerprint density at radius 2 is 1.97 bits per heavy atom. The third-order valence-corrected chi connectivity index (χ3v) is 7.52. The molecule has 0 saturated carbocycles. The average Bonchev–Trinajstić information content (AvgIpc) is 3.42. The molecule has 0 aliphatic carbocycles. The zero-order valence-electron chi connectivity index (χ0n) is 19.2. The Bertz CT molecular complexity index is 923. The van der Waals surface area contributed by atoms with E-state index < -0.39 is 35.6 Å². The Hall–Kier alpha value is -2.16. The average molecular weight is 478 g/mol. The number of rotatable bonds is 8. The molecular formula is C24H32ClN3O5. The van der Waals surface area contributed by atoms with Crippen LogP contribution in [0.3, 0.4) is 0 Å². The van der Waals surface area contributed by atoms with E-state index >= 15 is 0 Å². The van der Waals surface area contributed by atoms with E-state index in [9.17, 15) is 19.5 Å². The summed E-state index contributed by atoms with van der Waals surface area (Å²) in [5.74, 6) is -2.36. The van der Waals surface area contributed by atoms with Crippen LogP contribution in [0.1, 0.15) is 40.0 Å². The molecule has 2 bridgehead atoms. The fourth-order valence-electron chi connectivity index (χ4n) is 5.78. The first-order valence-electron chi connectivity index (χ1n) is 11.7. The monoisotopic (exact) mass is 477 g/mol. The van der Waals surface area contributed by atoms with Crippen molar-refractivity contribution in [3.63, 3.8) is 0 Å². The first-order valence-corrected chi connectivity index (χ1v) is 12.1. The second kappa shape index (κ2) is 9.24. The van der Waals surface area contributed by atoms with Gasteiger partial charge in [0.05, 0.1) is 30.6 Å². The summed E-state index contributed by atoms with van der Waals surface area (Å²) in [6, 6.07) is 5.21. The number of nitrogens with zero attached hydrogens (tertiary/aromatic N) is 1. The number of aliphatic hydroxyl groups is 1. The molecule has 33 heavy (non-hydrogen) atoms. The number of amides is 3. The van der Waals surface area contributed by atoms with Crippen molar-refractivity contribution in [1.82, 2.24) is 10.2 Å². The van der Waals surface area contributed by atoms with Crippen molar-refractivity contribution in [2.24, 2.45) is 17.8 Å². The number of ether oxygens (including phenoxy) is 1. The number of halogens is 1. The second-order valence-electron chi connectivity index (χ2n) is 9.58. The number of hydrogen-bond donors (Lipinski definition) is 3. The van der Waals surface area contributed by atoms with Gasteiger partial charge in [0.1, 0.15) is 11.6 Å². The lowest BCUT2D eigenvalue weighted by Gasteiger charge is -2.38. The number of fused-ring (bicyclic) bond motifs is 1. The Kier molecular flexibility index (Phi) is 6.71. The van der Waals surface area contributed by atoms with E-state index in [2.05, 4.69) is 10.6 Å². The van der Waals surface area contributed by atoms with Gasteiger partial charge in [0.15, 0.2) is 0 Å². The quantitative estimate of drug-likeness (QED) is 0.532. The molecule has 3 amide bonds. The van der Waals surface area contributed by atoms with E-state index in [0.29, 0.717) is 30.1 Å². The van der Waals surface area contributed by atoms with Crippen molar-refractivity contribution < 1.29 is 24.2 Å². The van der Waals surface area contributed by atoms with Crippen LogP contribution in [0.15, 0.2) is 24.3 Å². The lowest BCUT2D eigenvalue weighted by atomic mass is 9.70. The van der Waals surface area contributed by atoms with Crippen molar-refractivity contribution in [1.29, 1.82) is 0 Å². The molecule has 3 aliphatic rings. The van der Waals surface area contributed by atoms with Crippen LogP contribution in [0.2, 0.25) is 5.02 Å². The first kappa shape index (κ1) is 24.0. The highest BCUT2D eigenvalue weighted by Gasteiger charge is 2.75. The highest BCUT2D eigenvalue weighted by molar-refractivity contribution is 6.30. The molecule has 3 aliphatic heterocycles. The van der Waals surface area contributed by atoms with Gasteiger partial charge in [0.2, 0.25) is 17.7 Å². The van der Waals surface area contributed by atoms with Gasteiger partial charge in [-0.2, -0.15) is 0 Å². The maximum atomic E-state index is 13.8. The molecule has 180 valence electrons. The zero-order valence-corrected chi connectivity index (χ0v) is 20.0.